The van der Waals surface area contributed by atoms with Gasteiger partial charge in [0.1, 0.15) is 0 Å². The molecular weight excluding hydrogens is 372 g/mol. The lowest BCUT2D eigenvalue weighted by molar-refractivity contribution is 0.121. The van der Waals surface area contributed by atoms with Crippen LogP contribution in [-0.2, 0) is 4.43 Å². The molecule has 1 aliphatic carbocycles. The Hall–Kier alpha value is -0.383. The third kappa shape index (κ3) is 9.10. The second-order valence-corrected chi connectivity index (χ2v) is 15.4. The van der Waals surface area contributed by atoms with E-state index < -0.39 is 8.32 Å². The summed E-state index contributed by atoms with van der Waals surface area (Å²) < 4.78 is 6.91. The lowest BCUT2D eigenvalue weighted by Crippen LogP contribution is -2.45. The molecule has 1 aliphatic rings. The van der Waals surface area contributed by atoms with Crippen LogP contribution in [0.3, 0.4) is 0 Å². The van der Waals surface area contributed by atoms with Gasteiger partial charge in [-0.05, 0) is 43.0 Å². The summed E-state index contributed by atoms with van der Waals surface area (Å²) in [5, 5.41) is 10.7. The summed E-state index contributed by atoms with van der Waals surface area (Å²) in [4.78, 5) is 0. The van der Waals surface area contributed by atoms with Gasteiger partial charge in [-0.15, -0.1) is 6.58 Å². The van der Waals surface area contributed by atoms with Crippen molar-refractivity contribution in [1.82, 2.24) is 0 Å². The zero-order valence-electron chi connectivity index (χ0n) is 20.4. The van der Waals surface area contributed by atoms with Gasteiger partial charge in [0.05, 0.1) is 12.2 Å². The number of allylic oxidation sites excluding steroid dienone is 1. The molecule has 170 valence electrons. The van der Waals surface area contributed by atoms with E-state index in [1.807, 2.05) is 6.08 Å². The average molecular weight is 423 g/mol. The van der Waals surface area contributed by atoms with Crippen molar-refractivity contribution >= 4 is 8.32 Å². The molecule has 2 nitrogen and oxygen atoms in total. The van der Waals surface area contributed by atoms with Crippen molar-refractivity contribution in [3.63, 3.8) is 0 Å². The highest BCUT2D eigenvalue weighted by Gasteiger charge is 2.41. The number of aliphatic hydroxyl groups is 1. The first-order valence-electron chi connectivity index (χ1n) is 12.3. The average Bonchev–Trinajstić information content (AvgIpc) is 2.99. The summed E-state index contributed by atoms with van der Waals surface area (Å²) in [5.41, 5.74) is 1.35. The van der Waals surface area contributed by atoms with Crippen molar-refractivity contribution in [3.8, 4) is 0 Å². The molecule has 3 unspecified atom stereocenters. The Bertz CT molecular complexity index is 489. The highest BCUT2D eigenvalue weighted by Crippen LogP contribution is 2.41. The van der Waals surface area contributed by atoms with E-state index in [0.717, 1.165) is 19.3 Å². The highest BCUT2D eigenvalue weighted by atomic mass is 28.4. The number of hydrogen-bond acceptors (Lipinski definition) is 2. The minimum Gasteiger partial charge on any atom is -0.410 e. The van der Waals surface area contributed by atoms with Crippen molar-refractivity contribution in [2.24, 2.45) is 5.92 Å². The Morgan fingerprint density at radius 1 is 1.10 bits per heavy atom. The van der Waals surface area contributed by atoms with E-state index in [-0.39, 0.29) is 23.2 Å². The molecule has 0 spiro atoms. The molecule has 0 amide bonds. The van der Waals surface area contributed by atoms with Crippen LogP contribution in [0.4, 0.5) is 0 Å². The van der Waals surface area contributed by atoms with E-state index in [0.29, 0.717) is 0 Å². The molecule has 29 heavy (non-hydrogen) atoms. The number of unbranched alkanes of at least 4 members (excludes halogenated alkanes) is 8. The SMILES string of the molecule is C=CCC1C(C(CCCCCCCCCCC)O[Si](C)(C)C(C)(C)C)=CCC1O. The van der Waals surface area contributed by atoms with Gasteiger partial charge < -0.3 is 9.53 Å². The van der Waals surface area contributed by atoms with E-state index in [9.17, 15) is 5.11 Å². The second-order valence-electron chi connectivity index (χ2n) is 10.6. The lowest BCUT2D eigenvalue weighted by atomic mass is 9.90. The van der Waals surface area contributed by atoms with Crippen LogP contribution >= 0.6 is 0 Å². The number of hydrogen-bond donors (Lipinski definition) is 1. The molecular formula is C26H50O2Si. The Balaban J connectivity index is 2.62. The normalized spacial score (nSPS) is 21.3. The van der Waals surface area contributed by atoms with E-state index in [4.69, 9.17) is 4.43 Å². The third-order valence-corrected chi connectivity index (χ3v) is 11.6. The summed E-state index contributed by atoms with van der Waals surface area (Å²) in [5.74, 6) is 0.195. The molecule has 0 heterocycles. The van der Waals surface area contributed by atoms with Crippen LogP contribution in [0.25, 0.3) is 0 Å². The molecule has 1 N–H and O–H groups in total. The summed E-state index contributed by atoms with van der Waals surface area (Å²) in [6.45, 7) is 17.8. The maximum absolute atomic E-state index is 10.5. The third-order valence-electron chi connectivity index (χ3n) is 7.09. The van der Waals surface area contributed by atoms with Crippen molar-refractivity contribution in [2.75, 3.05) is 0 Å². The molecule has 0 aromatic rings. The standard InChI is InChI=1S/C26H50O2Si/c1-8-10-11-12-13-14-15-16-17-19-25(28-29(6,7)26(3,4)5)23-20-21-24(27)22(23)18-9-2/h9,20,22,24-25,27H,2,8,10-19,21H2,1,3-7H3. The summed E-state index contributed by atoms with van der Waals surface area (Å²) in [6, 6.07) is 0. The van der Waals surface area contributed by atoms with Crippen LogP contribution in [-0.4, -0.2) is 25.6 Å². The molecule has 0 aliphatic heterocycles. The van der Waals surface area contributed by atoms with Crippen LogP contribution < -0.4 is 0 Å². The fourth-order valence-corrected chi connectivity index (χ4v) is 5.42. The zero-order chi connectivity index (χ0) is 21.9. The Labute approximate surface area is 183 Å². The molecule has 0 aromatic heterocycles. The van der Waals surface area contributed by atoms with Gasteiger partial charge in [-0.2, -0.15) is 0 Å². The van der Waals surface area contributed by atoms with E-state index in [2.05, 4.69) is 53.4 Å². The van der Waals surface area contributed by atoms with Crippen LogP contribution in [0, 0.1) is 5.92 Å². The van der Waals surface area contributed by atoms with Gasteiger partial charge in [-0.1, -0.05) is 97.6 Å². The van der Waals surface area contributed by atoms with Gasteiger partial charge in [0.2, 0.25) is 0 Å². The van der Waals surface area contributed by atoms with Gasteiger partial charge in [0.25, 0.3) is 0 Å². The Morgan fingerprint density at radius 2 is 1.66 bits per heavy atom. The van der Waals surface area contributed by atoms with E-state index >= 15 is 0 Å². The largest absolute Gasteiger partial charge is 0.410 e. The van der Waals surface area contributed by atoms with Crippen molar-refractivity contribution in [3.05, 3.63) is 24.3 Å². The molecule has 3 heteroatoms. The van der Waals surface area contributed by atoms with Crippen molar-refractivity contribution in [2.45, 2.75) is 135 Å². The van der Waals surface area contributed by atoms with Gasteiger partial charge in [0, 0.05) is 5.92 Å². The highest BCUT2D eigenvalue weighted by molar-refractivity contribution is 6.74. The first-order chi connectivity index (χ1) is 13.6. The quantitative estimate of drug-likeness (QED) is 0.164. The van der Waals surface area contributed by atoms with E-state index in [1.165, 1.54) is 63.4 Å². The van der Waals surface area contributed by atoms with Crippen LogP contribution in [0.2, 0.25) is 18.1 Å². The summed E-state index contributed by atoms with van der Waals surface area (Å²) in [7, 11) is -1.85. The fraction of sp³-hybridized carbons (Fsp3) is 0.846. The molecule has 0 bridgehead atoms. The zero-order valence-corrected chi connectivity index (χ0v) is 21.4. The molecule has 0 saturated carbocycles. The maximum Gasteiger partial charge on any atom is 0.192 e. The lowest BCUT2D eigenvalue weighted by Gasteiger charge is -2.40. The minimum atomic E-state index is -1.85. The molecule has 0 aromatic carbocycles. The Morgan fingerprint density at radius 3 is 2.17 bits per heavy atom. The summed E-state index contributed by atoms with van der Waals surface area (Å²) in [6.07, 6.45) is 19.0. The van der Waals surface area contributed by atoms with Gasteiger partial charge in [0.15, 0.2) is 8.32 Å². The van der Waals surface area contributed by atoms with E-state index in [1.54, 1.807) is 0 Å². The fourth-order valence-electron chi connectivity index (χ4n) is 4.10. The second kappa shape index (κ2) is 13.1. The van der Waals surface area contributed by atoms with Crippen molar-refractivity contribution < 1.29 is 9.53 Å². The maximum atomic E-state index is 10.5. The van der Waals surface area contributed by atoms with Gasteiger partial charge >= 0.3 is 0 Å². The monoisotopic (exact) mass is 422 g/mol. The van der Waals surface area contributed by atoms with Crippen LogP contribution in [0.5, 0.6) is 0 Å². The first kappa shape index (κ1) is 26.7. The molecule has 0 saturated heterocycles. The molecule has 3 atom stereocenters. The first-order valence-corrected chi connectivity index (χ1v) is 15.2. The number of rotatable bonds is 15. The number of aliphatic hydroxyl groups excluding tert-OH is 1. The molecule has 1 rings (SSSR count). The van der Waals surface area contributed by atoms with Gasteiger partial charge in [-0.3, -0.25) is 0 Å². The van der Waals surface area contributed by atoms with Crippen LogP contribution in [0.1, 0.15) is 105 Å². The smallest absolute Gasteiger partial charge is 0.192 e. The van der Waals surface area contributed by atoms with Crippen LogP contribution in [0.15, 0.2) is 24.3 Å². The summed E-state index contributed by atoms with van der Waals surface area (Å²) >= 11 is 0. The molecule has 0 fully saturated rings. The topological polar surface area (TPSA) is 29.5 Å². The molecule has 0 radical (unpaired) electrons. The van der Waals surface area contributed by atoms with Gasteiger partial charge in [-0.25, -0.2) is 0 Å². The Kier molecular flexibility index (Phi) is 12.1. The predicted molar refractivity (Wildman–Crippen MR) is 131 cm³/mol. The van der Waals surface area contributed by atoms with Crippen molar-refractivity contribution in [1.29, 1.82) is 0 Å². The minimum absolute atomic E-state index is 0.169. The predicted octanol–water partition coefficient (Wildman–Crippen LogP) is 8.18.